The zero-order valence-corrected chi connectivity index (χ0v) is 8.80. The molecule has 2 aliphatic rings. The van der Waals surface area contributed by atoms with Gasteiger partial charge in [0.2, 0.25) is 0 Å². The van der Waals surface area contributed by atoms with Crippen molar-refractivity contribution in [2.45, 2.75) is 24.8 Å². The lowest BCUT2D eigenvalue weighted by Crippen LogP contribution is -2.43. The minimum atomic E-state index is -0.392. The Labute approximate surface area is 87.4 Å². The van der Waals surface area contributed by atoms with Crippen LogP contribution in [0.3, 0.4) is 0 Å². The monoisotopic (exact) mass is 213 g/mol. The molecule has 14 heavy (non-hydrogen) atoms. The molecule has 1 heterocycles. The highest BCUT2D eigenvalue weighted by Gasteiger charge is 2.49. The maximum absolute atomic E-state index is 11.4. The molecule has 1 aliphatic heterocycles. The van der Waals surface area contributed by atoms with Crippen LogP contribution in [0, 0.1) is 0 Å². The third kappa shape index (κ3) is 1.68. The van der Waals surface area contributed by atoms with Crippen LogP contribution in [0.1, 0.15) is 12.8 Å². The summed E-state index contributed by atoms with van der Waals surface area (Å²) in [5.41, 5.74) is 0.0441. The van der Waals surface area contributed by atoms with Gasteiger partial charge in [-0.05, 0) is 30.7 Å². The Balaban J connectivity index is 1.86. The normalized spacial score (nSPS) is 31.6. The molecule has 0 unspecified atom stereocenters. The quantitative estimate of drug-likeness (QED) is 0.554. The Morgan fingerprint density at radius 1 is 1.50 bits per heavy atom. The van der Waals surface area contributed by atoms with E-state index in [0.29, 0.717) is 0 Å². The van der Waals surface area contributed by atoms with Crippen molar-refractivity contribution in [2.24, 2.45) is 0 Å². The molecule has 2 rings (SSSR count). The van der Waals surface area contributed by atoms with Crippen LogP contribution in [-0.2, 0) is 8.98 Å². The zero-order valence-electron chi connectivity index (χ0n) is 7.99. The van der Waals surface area contributed by atoms with E-state index in [0.717, 1.165) is 12.8 Å². The van der Waals surface area contributed by atoms with E-state index in [1.54, 1.807) is 0 Å². The number of hydrogen-bond acceptors (Lipinski definition) is 4. The summed E-state index contributed by atoms with van der Waals surface area (Å²) in [6.45, 7) is -0.176. The van der Waals surface area contributed by atoms with Gasteiger partial charge in [0.05, 0.1) is 12.6 Å². The molecule has 4 nitrogen and oxygen atoms in total. The predicted molar refractivity (Wildman–Crippen MR) is 55.5 cm³/mol. The summed E-state index contributed by atoms with van der Waals surface area (Å²) >= 11 is 1.35. The van der Waals surface area contributed by atoms with Crippen molar-refractivity contribution >= 4 is 30.2 Å². The van der Waals surface area contributed by atoms with E-state index in [4.69, 9.17) is 4.18 Å². The van der Waals surface area contributed by atoms with Gasteiger partial charge < -0.3 is 14.3 Å². The van der Waals surface area contributed by atoms with Crippen LogP contribution < -0.4 is 5.32 Å². The van der Waals surface area contributed by atoms with Crippen LogP contribution in [0.5, 0.6) is 0 Å². The molecule has 0 aromatic heterocycles. The predicted octanol–water partition coefficient (Wildman–Crippen LogP) is 0.722. The second-order valence-electron chi connectivity index (χ2n) is 3.78. The fraction of sp³-hybridized carbons (Fsp3) is 0.750. The number of nitrogens with one attached hydrogen (secondary N) is 1. The Bertz CT molecular complexity index is 251. The van der Waals surface area contributed by atoms with Gasteiger partial charge in [0.25, 0.3) is 0 Å². The third-order valence-electron chi connectivity index (χ3n) is 2.90. The van der Waals surface area contributed by atoms with Crippen LogP contribution in [0.2, 0.25) is 5.82 Å². The van der Waals surface area contributed by atoms with Gasteiger partial charge in [0.1, 0.15) is 5.68 Å². The van der Waals surface area contributed by atoms with Crippen molar-refractivity contribution in [3.8, 4) is 0 Å². The van der Waals surface area contributed by atoms with Crippen LogP contribution >= 0.6 is 12.0 Å². The van der Waals surface area contributed by atoms with E-state index in [9.17, 15) is 9.59 Å². The minimum absolute atomic E-state index is 0.0441. The molecule has 1 aliphatic carbocycles. The van der Waals surface area contributed by atoms with Crippen molar-refractivity contribution < 1.29 is 13.8 Å². The lowest BCUT2D eigenvalue weighted by molar-refractivity contribution is -0.111. The fourth-order valence-electron chi connectivity index (χ4n) is 2.11. The topological polar surface area (TPSA) is 55.4 Å². The summed E-state index contributed by atoms with van der Waals surface area (Å²) in [6.07, 6.45) is 3.78. The lowest BCUT2D eigenvalue weighted by Gasteiger charge is -2.34. The highest BCUT2D eigenvalue weighted by atomic mass is 32.2. The largest absolute Gasteiger partial charge is 0.358 e. The van der Waals surface area contributed by atoms with Gasteiger partial charge >= 0.3 is 6.71 Å². The van der Waals surface area contributed by atoms with Crippen molar-refractivity contribution in [2.75, 3.05) is 12.8 Å². The molecule has 6 heteroatoms. The maximum atomic E-state index is 11.4. The molecule has 0 radical (unpaired) electrons. The molecule has 1 N–H and O–H groups in total. The molecule has 76 valence electrons. The molecule has 0 spiro atoms. The van der Waals surface area contributed by atoms with Gasteiger partial charge in [0, 0.05) is 6.26 Å². The summed E-state index contributed by atoms with van der Waals surface area (Å²) < 4.78 is 5.31. The highest BCUT2D eigenvalue weighted by Crippen LogP contribution is 2.40. The summed E-state index contributed by atoms with van der Waals surface area (Å²) in [4.78, 5) is 22.7. The van der Waals surface area contributed by atoms with E-state index in [1.165, 1.54) is 12.0 Å². The van der Waals surface area contributed by atoms with E-state index in [2.05, 4.69) is 5.32 Å². The van der Waals surface area contributed by atoms with Crippen LogP contribution in [0.25, 0.3) is 0 Å². The van der Waals surface area contributed by atoms with Crippen LogP contribution in [0.15, 0.2) is 0 Å². The van der Waals surface area contributed by atoms with Crippen molar-refractivity contribution in [3.63, 3.8) is 0 Å². The Kier molecular flexibility index (Phi) is 2.83. The van der Waals surface area contributed by atoms with Crippen LogP contribution in [0.4, 0.5) is 4.79 Å². The molecule has 1 saturated carbocycles. The maximum Gasteiger partial charge on any atom is 0.335 e. The zero-order chi connectivity index (χ0) is 10.1. The second kappa shape index (κ2) is 3.94. The van der Waals surface area contributed by atoms with Crippen molar-refractivity contribution in [3.05, 3.63) is 0 Å². The first-order valence-electron chi connectivity index (χ1n) is 4.72. The highest BCUT2D eigenvalue weighted by molar-refractivity contribution is 7.93. The van der Waals surface area contributed by atoms with Gasteiger partial charge in [-0.1, -0.05) is 0 Å². The van der Waals surface area contributed by atoms with Crippen molar-refractivity contribution in [1.29, 1.82) is 0 Å². The van der Waals surface area contributed by atoms with E-state index in [1.807, 2.05) is 6.26 Å². The fourth-order valence-corrected chi connectivity index (χ4v) is 2.54. The van der Waals surface area contributed by atoms with Crippen molar-refractivity contribution in [1.82, 2.24) is 5.32 Å². The van der Waals surface area contributed by atoms with Gasteiger partial charge in [-0.25, -0.2) is 0 Å². The smallest absolute Gasteiger partial charge is 0.335 e. The third-order valence-corrected chi connectivity index (χ3v) is 3.37. The van der Waals surface area contributed by atoms with Gasteiger partial charge in [0.15, 0.2) is 5.81 Å². The van der Waals surface area contributed by atoms with Crippen LogP contribution in [-0.4, -0.2) is 37.1 Å². The Morgan fingerprint density at radius 2 is 2.21 bits per heavy atom. The number of amides is 1. The first-order chi connectivity index (χ1) is 6.72. The molecule has 1 saturated heterocycles. The molecule has 0 atom stereocenters. The lowest BCUT2D eigenvalue weighted by atomic mass is 9.34. The molecule has 1 amide bonds. The molecule has 0 aromatic rings. The summed E-state index contributed by atoms with van der Waals surface area (Å²) in [5, 5.41) is 2.58. The average Bonchev–Trinajstić information content (AvgIpc) is 2.40. The summed E-state index contributed by atoms with van der Waals surface area (Å²) in [5.74, 6) is 0.116. The molecule has 0 bridgehead atoms. The number of carbonyl (C=O) groups is 2. The number of rotatable bonds is 3. The number of carbonyl (C=O) groups excluding carboxylic acids is 2. The Morgan fingerprint density at radius 3 is 2.71 bits per heavy atom. The van der Waals surface area contributed by atoms with Gasteiger partial charge in [-0.15, -0.1) is 0 Å². The number of hydrogen-bond donors (Lipinski definition) is 1. The SMILES string of the molecule is CSOC1CC(B2C(=O)CNC2=O)C1. The van der Waals surface area contributed by atoms with Gasteiger partial charge in [-0.2, -0.15) is 0 Å². The summed E-state index contributed by atoms with van der Waals surface area (Å²) in [7, 11) is 0. The van der Waals surface area contributed by atoms with Gasteiger partial charge in [-0.3, -0.25) is 4.79 Å². The molecule has 0 aromatic carbocycles. The minimum Gasteiger partial charge on any atom is -0.358 e. The first-order valence-corrected chi connectivity index (χ1v) is 5.87. The Hall–Kier alpha value is -0.485. The summed E-state index contributed by atoms with van der Waals surface area (Å²) in [6, 6.07) is 0. The standard InChI is InChI=1S/C8H12BNO3S/c1-14-13-6-2-5(3-6)9-7(11)4-10-8(9)12/h5-6H,2-4H2,1H3,(H,10,12). The average molecular weight is 213 g/mol. The van der Waals surface area contributed by atoms with E-state index >= 15 is 0 Å². The molecular formula is C8H12BNO3S. The molecular weight excluding hydrogens is 201 g/mol. The molecule has 2 fully saturated rings. The van der Waals surface area contributed by atoms with E-state index < -0.39 is 6.71 Å². The second-order valence-corrected chi connectivity index (χ2v) is 4.30. The van der Waals surface area contributed by atoms with E-state index in [-0.39, 0.29) is 30.0 Å². The first kappa shape index (κ1) is 10.0.